The van der Waals surface area contributed by atoms with E-state index in [1.165, 1.54) is 0 Å². The first kappa shape index (κ1) is 18.9. The Morgan fingerprint density at radius 1 is 0.957 bits per heavy atom. The van der Waals surface area contributed by atoms with Gasteiger partial charge in [0.2, 0.25) is 0 Å². The molecular weight excluding hydrogens is 296 g/mol. The molecule has 0 saturated heterocycles. The Balaban J connectivity index is 2.17. The van der Waals surface area contributed by atoms with Crippen LogP contribution in [-0.2, 0) is 30.5 Å². The second-order valence-electron chi connectivity index (χ2n) is 6.30. The molecule has 0 spiro atoms. The quantitative estimate of drug-likeness (QED) is 0.543. The molecule has 1 rings (SSSR count). The molecule has 5 nitrogen and oxygen atoms in total. The molecule has 126 valence electrons. The van der Waals surface area contributed by atoms with Gasteiger partial charge >= 0.3 is 11.9 Å². The van der Waals surface area contributed by atoms with E-state index in [4.69, 9.17) is 9.47 Å². The van der Waals surface area contributed by atoms with Crippen molar-refractivity contribution < 1.29 is 23.9 Å². The standard InChI is InChI=1S/C18H24O5/c1-18(2,3)23-17(21)12-15(19)10-7-11-16(20)22-13-14-8-5-4-6-9-14/h4-6,8-9H,7,10-13H2,1-3H3. The van der Waals surface area contributed by atoms with Gasteiger partial charge in [-0.05, 0) is 32.8 Å². The number of carbonyl (C=O) groups is 3. The average molecular weight is 320 g/mol. The van der Waals surface area contributed by atoms with E-state index in [-0.39, 0.29) is 37.6 Å². The number of carbonyl (C=O) groups excluding carboxylic acids is 3. The third-order valence-corrected chi connectivity index (χ3v) is 2.84. The maximum absolute atomic E-state index is 11.6. The van der Waals surface area contributed by atoms with Crippen molar-refractivity contribution in [2.75, 3.05) is 0 Å². The molecule has 0 aliphatic carbocycles. The van der Waals surface area contributed by atoms with Crippen molar-refractivity contribution in [3.05, 3.63) is 35.9 Å². The van der Waals surface area contributed by atoms with Crippen molar-refractivity contribution in [1.82, 2.24) is 0 Å². The van der Waals surface area contributed by atoms with Crippen LogP contribution in [0.15, 0.2) is 30.3 Å². The van der Waals surface area contributed by atoms with E-state index < -0.39 is 11.6 Å². The number of hydrogen-bond acceptors (Lipinski definition) is 5. The second kappa shape index (κ2) is 9.08. The molecule has 1 aromatic carbocycles. The lowest BCUT2D eigenvalue weighted by atomic mass is 10.1. The van der Waals surface area contributed by atoms with Crippen molar-refractivity contribution in [2.24, 2.45) is 0 Å². The summed E-state index contributed by atoms with van der Waals surface area (Å²) in [5, 5.41) is 0. The van der Waals surface area contributed by atoms with Gasteiger partial charge in [0.05, 0.1) is 0 Å². The van der Waals surface area contributed by atoms with Gasteiger partial charge < -0.3 is 9.47 Å². The molecule has 23 heavy (non-hydrogen) atoms. The van der Waals surface area contributed by atoms with Gasteiger partial charge in [-0.2, -0.15) is 0 Å². The summed E-state index contributed by atoms with van der Waals surface area (Å²) >= 11 is 0. The highest BCUT2D eigenvalue weighted by atomic mass is 16.6. The number of rotatable bonds is 8. The first-order chi connectivity index (χ1) is 10.8. The van der Waals surface area contributed by atoms with Crippen LogP contribution in [0.1, 0.15) is 52.0 Å². The fourth-order valence-electron chi connectivity index (χ4n) is 1.87. The van der Waals surface area contributed by atoms with Gasteiger partial charge in [-0.3, -0.25) is 14.4 Å². The minimum Gasteiger partial charge on any atom is -0.461 e. The molecule has 0 aliphatic rings. The van der Waals surface area contributed by atoms with E-state index in [2.05, 4.69) is 0 Å². The molecule has 0 radical (unpaired) electrons. The molecule has 0 aromatic heterocycles. The maximum atomic E-state index is 11.6. The molecule has 0 unspecified atom stereocenters. The highest BCUT2D eigenvalue weighted by Gasteiger charge is 2.18. The van der Waals surface area contributed by atoms with Gasteiger partial charge in [0.25, 0.3) is 0 Å². The lowest BCUT2D eigenvalue weighted by Gasteiger charge is -2.19. The average Bonchev–Trinajstić information content (AvgIpc) is 2.44. The molecule has 0 atom stereocenters. The predicted molar refractivity (Wildman–Crippen MR) is 85.6 cm³/mol. The number of benzene rings is 1. The van der Waals surface area contributed by atoms with Crippen molar-refractivity contribution in [3.63, 3.8) is 0 Å². The molecule has 0 N–H and O–H groups in total. The summed E-state index contributed by atoms with van der Waals surface area (Å²) in [7, 11) is 0. The van der Waals surface area contributed by atoms with Crippen LogP contribution in [0.3, 0.4) is 0 Å². The molecule has 0 bridgehead atoms. The summed E-state index contributed by atoms with van der Waals surface area (Å²) in [5.74, 6) is -1.11. The lowest BCUT2D eigenvalue weighted by Crippen LogP contribution is -2.25. The number of hydrogen-bond donors (Lipinski definition) is 0. The molecule has 5 heteroatoms. The first-order valence-electron chi connectivity index (χ1n) is 7.69. The van der Waals surface area contributed by atoms with Gasteiger partial charge in [0, 0.05) is 12.8 Å². The Kier molecular flexibility index (Phi) is 7.45. The Morgan fingerprint density at radius 2 is 1.61 bits per heavy atom. The van der Waals surface area contributed by atoms with Crippen LogP contribution in [0, 0.1) is 0 Å². The van der Waals surface area contributed by atoms with Crippen molar-refractivity contribution in [1.29, 1.82) is 0 Å². The minimum absolute atomic E-state index is 0.160. The van der Waals surface area contributed by atoms with Crippen LogP contribution in [0.25, 0.3) is 0 Å². The molecule has 0 heterocycles. The fourth-order valence-corrected chi connectivity index (χ4v) is 1.87. The summed E-state index contributed by atoms with van der Waals surface area (Å²) in [6.45, 7) is 5.47. The molecule has 0 fully saturated rings. The number of Topliss-reactive ketones (excluding diaryl/α,β-unsaturated/α-hetero) is 1. The zero-order valence-electron chi connectivity index (χ0n) is 14.0. The third kappa shape index (κ3) is 9.45. The smallest absolute Gasteiger partial charge is 0.313 e. The van der Waals surface area contributed by atoms with Crippen LogP contribution in [0.5, 0.6) is 0 Å². The van der Waals surface area contributed by atoms with Crippen molar-refractivity contribution in [3.8, 4) is 0 Å². The first-order valence-corrected chi connectivity index (χ1v) is 7.69. The van der Waals surface area contributed by atoms with Crippen molar-refractivity contribution in [2.45, 2.75) is 58.7 Å². The number of ketones is 1. The maximum Gasteiger partial charge on any atom is 0.313 e. The molecule has 0 amide bonds. The summed E-state index contributed by atoms with van der Waals surface area (Å²) in [6.07, 6.45) is 0.443. The van der Waals surface area contributed by atoms with Gasteiger partial charge in [0.15, 0.2) is 0 Å². The van der Waals surface area contributed by atoms with Crippen molar-refractivity contribution >= 4 is 17.7 Å². The highest BCUT2D eigenvalue weighted by Crippen LogP contribution is 2.10. The van der Waals surface area contributed by atoms with E-state index in [1.54, 1.807) is 20.8 Å². The van der Waals surface area contributed by atoms with Gasteiger partial charge in [-0.25, -0.2) is 0 Å². The van der Waals surface area contributed by atoms with E-state index in [9.17, 15) is 14.4 Å². The van der Waals surface area contributed by atoms with E-state index in [1.807, 2.05) is 30.3 Å². The molecule has 1 aromatic rings. The molecule has 0 aliphatic heterocycles. The summed E-state index contributed by atoms with van der Waals surface area (Å²) in [5.41, 5.74) is 0.320. The largest absolute Gasteiger partial charge is 0.461 e. The van der Waals surface area contributed by atoms with E-state index in [0.717, 1.165) is 5.56 Å². The van der Waals surface area contributed by atoms with Crippen LogP contribution in [0.4, 0.5) is 0 Å². The van der Waals surface area contributed by atoms with Gasteiger partial charge in [-0.1, -0.05) is 30.3 Å². The lowest BCUT2D eigenvalue weighted by molar-refractivity contribution is -0.156. The zero-order valence-corrected chi connectivity index (χ0v) is 14.0. The van der Waals surface area contributed by atoms with Crippen LogP contribution in [0.2, 0.25) is 0 Å². The van der Waals surface area contributed by atoms with Gasteiger partial charge in [0.1, 0.15) is 24.4 Å². The SMILES string of the molecule is CC(C)(C)OC(=O)CC(=O)CCCC(=O)OCc1ccccc1. The monoisotopic (exact) mass is 320 g/mol. The van der Waals surface area contributed by atoms with E-state index >= 15 is 0 Å². The Labute approximate surface area is 137 Å². The Morgan fingerprint density at radius 3 is 2.22 bits per heavy atom. The topological polar surface area (TPSA) is 69.7 Å². The normalized spacial score (nSPS) is 10.9. The number of ether oxygens (including phenoxy) is 2. The van der Waals surface area contributed by atoms with E-state index in [0.29, 0.717) is 6.42 Å². The summed E-state index contributed by atoms with van der Waals surface area (Å²) in [4.78, 5) is 34.7. The molecule has 0 saturated carbocycles. The van der Waals surface area contributed by atoms with Gasteiger partial charge in [-0.15, -0.1) is 0 Å². The van der Waals surface area contributed by atoms with Crippen LogP contribution in [-0.4, -0.2) is 23.3 Å². The summed E-state index contributed by atoms with van der Waals surface area (Å²) < 4.78 is 10.2. The second-order valence-corrected chi connectivity index (χ2v) is 6.30. The Bertz CT molecular complexity index is 528. The zero-order chi connectivity index (χ0) is 17.3. The predicted octanol–water partition coefficient (Wildman–Crippen LogP) is 3.20. The Hall–Kier alpha value is -2.17. The highest BCUT2D eigenvalue weighted by molar-refractivity contribution is 5.95. The molecular formula is C18H24O5. The fraction of sp³-hybridized carbons (Fsp3) is 0.500. The third-order valence-electron chi connectivity index (χ3n) is 2.84. The number of esters is 2. The summed E-state index contributed by atoms with van der Waals surface area (Å²) in [6, 6.07) is 9.38. The minimum atomic E-state index is -0.599. The van der Waals surface area contributed by atoms with Crippen LogP contribution >= 0.6 is 0 Å². The van der Waals surface area contributed by atoms with Crippen LogP contribution < -0.4 is 0 Å².